The highest BCUT2D eigenvalue weighted by molar-refractivity contribution is 6.12. The highest BCUT2D eigenvalue weighted by atomic mass is 28.1. The third-order valence-corrected chi connectivity index (χ3v) is 1.82. The standard InChI is InChI=1S/C8H6F3Si/c1-4(12)5-2-7(10)8(11)3-6(5)9/h2-4H,1H3. The molecule has 0 N–H and O–H groups in total. The van der Waals surface area contributed by atoms with Gasteiger partial charge in [0.2, 0.25) is 0 Å². The van der Waals surface area contributed by atoms with Crippen molar-refractivity contribution in [2.75, 3.05) is 0 Å². The van der Waals surface area contributed by atoms with Crippen LogP contribution in [-0.2, 0) is 0 Å². The van der Waals surface area contributed by atoms with Crippen LogP contribution < -0.4 is 0 Å². The summed E-state index contributed by atoms with van der Waals surface area (Å²) in [5.41, 5.74) is -0.217. The Balaban J connectivity index is 3.23. The molecule has 0 fully saturated rings. The van der Waals surface area contributed by atoms with Crippen molar-refractivity contribution in [1.82, 2.24) is 0 Å². The van der Waals surface area contributed by atoms with E-state index in [4.69, 9.17) is 0 Å². The van der Waals surface area contributed by atoms with Gasteiger partial charge in [-0.3, -0.25) is 0 Å². The summed E-state index contributed by atoms with van der Waals surface area (Å²) in [6, 6.07) is 1.39. The Morgan fingerprint density at radius 3 is 2.08 bits per heavy atom. The van der Waals surface area contributed by atoms with Gasteiger partial charge in [0.15, 0.2) is 11.6 Å². The fourth-order valence-electron chi connectivity index (χ4n) is 0.870. The van der Waals surface area contributed by atoms with Crippen LogP contribution >= 0.6 is 0 Å². The molecular weight excluding hydrogens is 181 g/mol. The molecule has 0 saturated carbocycles. The first kappa shape index (κ1) is 9.32. The van der Waals surface area contributed by atoms with Crippen molar-refractivity contribution in [1.29, 1.82) is 0 Å². The number of halogens is 3. The minimum atomic E-state index is -1.16. The summed E-state index contributed by atoms with van der Waals surface area (Å²) in [6.07, 6.45) is 0. The zero-order valence-corrected chi connectivity index (χ0v) is 7.37. The minimum absolute atomic E-state index is 0.116. The van der Waals surface area contributed by atoms with Gasteiger partial charge in [0.1, 0.15) is 5.82 Å². The lowest BCUT2D eigenvalue weighted by Crippen LogP contribution is -1.99. The maximum atomic E-state index is 12.8. The van der Waals surface area contributed by atoms with E-state index in [1.54, 1.807) is 6.92 Å². The topological polar surface area (TPSA) is 0 Å². The van der Waals surface area contributed by atoms with Crippen molar-refractivity contribution in [3.05, 3.63) is 35.1 Å². The number of hydrogen-bond acceptors (Lipinski definition) is 0. The molecule has 0 bridgehead atoms. The van der Waals surface area contributed by atoms with E-state index in [1.807, 2.05) is 0 Å². The highest BCUT2D eigenvalue weighted by Gasteiger charge is 2.11. The number of rotatable bonds is 1. The monoisotopic (exact) mass is 187 g/mol. The molecule has 0 aliphatic heterocycles. The Bertz CT molecular complexity index is 297. The Labute approximate surface area is 71.8 Å². The van der Waals surface area contributed by atoms with Crippen molar-refractivity contribution in [2.24, 2.45) is 0 Å². The third kappa shape index (κ3) is 1.69. The van der Waals surface area contributed by atoms with Gasteiger partial charge in [-0.15, -0.1) is 0 Å². The summed E-state index contributed by atoms with van der Waals surface area (Å²) >= 11 is 0. The van der Waals surface area contributed by atoms with Crippen molar-refractivity contribution in [3.8, 4) is 0 Å². The fourth-order valence-corrected chi connectivity index (χ4v) is 1.09. The van der Waals surface area contributed by atoms with Gasteiger partial charge < -0.3 is 0 Å². The Morgan fingerprint density at radius 2 is 1.58 bits per heavy atom. The molecule has 0 aromatic heterocycles. The summed E-state index contributed by atoms with van der Waals surface area (Å²) in [5, 5.41) is 0. The lowest BCUT2D eigenvalue weighted by atomic mass is 10.1. The van der Waals surface area contributed by atoms with Gasteiger partial charge in [-0.2, -0.15) is 0 Å². The molecule has 0 amide bonds. The van der Waals surface area contributed by atoms with E-state index in [2.05, 4.69) is 10.2 Å². The second-order valence-corrected chi connectivity index (χ2v) is 3.38. The molecule has 1 unspecified atom stereocenters. The predicted molar refractivity (Wildman–Crippen MR) is 40.5 cm³/mol. The van der Waals surface area contributed by atoms with E-state index < -0.39 is 17.5 Å². The van der Waals surface area contributed by atoms with Crippen LogP contribution in [-0.4, -0.2) is 10.2 Å². The van der Waals surface area contributed by atoms with E-state index in [-0.39, 0.29) is 11.1 Å². The molecule has 1 rings (SSSR count). The van der Waals surface area contributed by atoms with Gasteiger partial charge >= 0.3 is 0 Å². The molecular formula is C8H6F3Si. The molecule has 0 spiro atoms. The molecule has 1 aromatic carbocycles. The van der Waals surface area contributed by atoms with Crippen LogP contribution in [0.3, 0.4) is 0 Å². The summed E-state index contributed by atoms with van der Waals surface area (Å²) in [6.45, 7) is 1.63. The summed E-state index contributed by atoms with van der Waals surface area (Å²) < 4.78 is 37.8. The average Bonchev–Trinajstić information content (AvgIpc) is 1.96. The molecule has 0 heterocycles. The second kappa shape index (κ2) is 3.31. The van der Waals surface area contributed by atoms with Gasteiger partial charge in [-0.25, -0.2) is 13.2 Å². The van der Waals surface area contributed by atoms with Crippen LogP contribution in [0.15, 0.2) is 12.1 Å². The number of benzene rings is 1. The highest BCUT2D eigenvalue weighted by Crippen LogP contribution is 2.19. The summed E-state index contributed by atoms with van der Waals surface area (Å²) in [4.78, 5) is 0. The smallest absolute Gasteiger partial charge is 0.161 e. The molecule has 1 aromatic rings. The summed E-state index contributed by atoms with van der Waals surface area (Å²) in [5.74, 6) is -2.93. The molecule has 0 aliphatic rings. The quantitative estimate of drug-likeness (QED) is 0.467. The molecule has 63 valence electrons. The van der Waals surface area contributed by atoms with Crippen LogP contribution in [0.5, 0.6) is 0 Å². The van der Waals surface area contributed by atoms with E-state index in [0.29, 0.717) is 6.07 Å². The molecule has 0 aliphatic carbocycles. The van der Waals surface area contributed by atoms with Gasteiger partial charge in [0.25, 0.3) is 0 Å². The van der Waals surface area contributed by atoms with Crippen LogP contribution in [0, 0.1) is 17.5 Å². The van der Waals surface area contributed by atoms with Gasteiger partial charge in [0, 0.05) is 16.3 Å². The molecule has 4 heteroatoms. The molecule has 3 radical (unpaired) electrons. The van der Waals surface area contributed by atoms with Gasteiger partial charge in [-0.05, 0) is 17.2 Å². The van der Waals surface area contributed by atoms with Gasteiger partial charge in [-0.1, -0.05) is 6.92 Å². The first-order valence-electron chi connectivity index (χ1n) is 3.38. The van der Waals surface area contributed by atoms with E-state index in [9.17, 15) is 13.2 Å². The molecule has 0 nitrogen and oxygen atoms in total. The SMILES string of the molecule is CC([Si])c1cc(F)c(F)cc1F. The Kier molecular flexibility index (Phi) is 2.57. The van der Waals surface area contributed by atoms with E-state index in [1.165, 1.54) is 0 Å². The fraction of sp³-hybridized carbons (Fsp3) is 0.250. The van der Waals surface area contributed by atoms with Crippen LogP contribution in [0.25, 0.3) is 0 Å². The van der Waals surface area contributed by atoms with E-state index >= 15 is 0 Å². The molecule has 0 saturated heterocycles. The third-order valence-electron chi connectivity index (χ3n) is 1.51. The lowest BCUT2D eigenvalue weighted by Gasteiger charge is -2.06. The summed E-state index contributed by atoms with van der Waals surface area (Å²) in [7, 11) is 3.11. The van der Waals surface area contributed by atoms with Crippen molar-refractivity contribution < 1.29 is 13.2 Å². The first-order valence-corrected chi connectivity index (χ1v) is 3.95. The minimum Gasteiger partial charge on any atom is -0.207 e. The van der Waals surface area contributed by atoms with Crippen LogP contribution in [0.4, 0.5) is 13.2 Å². The van der Waals surface area contributed by atoms with Crippen molar-refractivity contribution in [2.45, 2.75) is 12.5 Å². The van der Waals surface area contributed by atoms with Crippen molar-refractivity contribution >= 4 is 10.2 Å². The number of hydrogen-bond donors (Lipinski definition) is 0. The van der Waals surface area contributed by atoms with E-state index in [0.717, 1.165) is 6.07 Å². The zero-order valence-electron chi connectivity index (χ0n) is 6.37. The second-order valence-electron chi connectivity index (χ2n) is 2.51. The largest absolute Gasteiger partial charge is 0.207 e. The Hall–Kier alpha value is -0.773. The molecule has 12 heavy (non-hydrogen) atoms. The van der Waals surface area contributed by atoms with Crippen molar-refractivity contribution in [3.63, 3.8) is 0 Å². The first-order chi connectivity index (χ1) is 5.52. The Morgan fingerprint density at radius 1 is 1.08 bits per heavy atom. The van der Waals surface area contributed by atoms with Crippen LogP contribution in [0.2, 0.25) is 0 Å². The lowest BCUT2D eigenvalue weighted by molar-refractivity contribution is 0.490. The van der Waals surface area contributed by atoms with Crippen LogP contribution in [0.1, 0.15) is 18.0 Å². The normalized spacial score (nSPS) is 13.1. The van der Waals surface area contributed by atoms with Gasteiger partial charge in [0.05, 0.1) is 0 Å². The maximum Gasteiger partial charge on any atom is 0.161 e. The maximum absolute atomic E-state index is 12.8. The average molecular weight is 187 g/mol. The predicted octanol–water partition coefficient (Wildman–Crippen LogP) is 2.33. The molecule has 1 atom stereocenters. The zero-order chi connectivity index (χ0) is 9.30.